The lowest BCUT2D eigenvalue weighted by Crippen LogP contribution is -2.29. The topological polar surface area (TPSA) is 70.2 Å². The molecule has 0 fully saturated rings. The first-order valence-electron chi connectivity index (χ1n) is 3.36. The van der Waals surface area contributed by atoms with Gasteiger partial charge >= 0.3 is 10.8 Å². The number of carboxylic acids is 1. The summed E-state index contributed by atoms with van der Waals surface area (Å²) in [4.78, 5) is 23.7. The molecule has 12 heavy (non-hydrogen) atoms. The van der Waals surface area contributed by atoms with Crippen molar-refractivity contribution in [1.29, 1.82) is 0 Å². The van der Waals surface area contributed by atoms with Crippen LogP contribution in [0.15, 0.2) is 10.2 Å². The number of hydrogen-bond donors (Lipinski definition) is 2. The molecular weight excluding hydrogens is 178 g/mol. The zero-order chi connectivity index (χ0) is 9.35. The quantitative estimate of drug-likeness (QED) is 0.719. The van der Waals surface area contributed by atoms with Crippen molar-refractivity contribution in [3.05, 3.63) is 20.7 Å². The lowest BCUT2D eigenvalue weighted by Gasteiger charge is -2.15. The first-order chi connectivity index (χ1) is 5.44. The van der Waals surface area contributed by atoms with Crippen LogP contribution in [-0.4, -0.2) is 16.1 Å². The molecule has 0 atom stereocenters. The van der Waals surface area contributed by atoms with Gasteiger partial charge in [0.25, 0.3) is 0 Å². The Morgan fingerprint density at radius 1 is 1.67 bits per heavy atom. The van der Waals surface area contributed by atoms with Gasteiger partial charge in [-0.2, -0.15) is 0 Å². The van der Waals surface area contributed by atoms with Gasteiger partial charge in [-0.15, -0.1) is 0 Å². The molecule has 1 aromatic heterocycles. The lowest BCUT2D eigenvalue weighted by molar-refractivity contribution is -0.142. The van der Waals surface area contributed by atoms with Crippen molar-refractivity contribution in [2.24, 2.45) is 0 Å². The van der Waals surface area contributed by atoms with Gasteiger partial charge in [0.05, 0.1) is 0 Å². The average Bonchev–Trinajstić information content (AvgIpc) is 2.35. The Hall–Kier alpha value is -1.10. The molecule has 0 aliphatic heterocycles. The van der Waals surface area contributed by atoms with Gasteiger partial charge in [-0.05, 0) is 13.8 Å². The average molecular weight is 187 g/mol. The monoisotopic (exact) mass is 187 g/mol. The van der Waals surface area contributed by atoms with Gasteiger partial charge in [0.2, 0.25) is 0 Å². The van der Waals surface area contributed by atoms with Crippen LogP contribution in [0.2, 0.25) is 0 Å². The molecule has 0 aromatic carbocycles. The van der Waals surface area contributed by atoms with Crippen LogP contribution in [0.4, 0.5) is 0 Å². The third kappa shape index (κ3) is 1.40. The van der Waals surface area contributed by atoms with Gasteiger partial charge in [-0.3, -0.25) is 9.59 Å². The summed E-state index contributed by atoms with van der Waals surface area (Å²) < 4.78 is 0. The second-order valence-electron chi connectivity index (χ2n) is 2.99. The van der Waals surface area contributed by atoms with E-state index in [4.69, 9.17) is 5.11 Å². The third-order valence-corrected chi connectivity index (χ3v) is 2.40. The van der Waals surface area contributed by atoms with E-state index < -0.39 is 11.4 Å². The highest BCUT2D eigenvalue weighted by atomic mass is 32.1. The Bertz CT molecular complexity index is 350. The van der Waals surface area contributed by atoms with Gasteiger partial charge in [0, 0.05) is 11.1 Å². The molecule has 1 heterocycles. The van der Waals surface area contributed by atoms with Gasteiger partial charge < -0.3 is 10.1 Å². The highest BCUT2D eigenvalue weighted by Crippen LogP contribution is 2.20. The van der Waals surface area contributed by atoms with Crippen LogP contribution in [0, 0.1) is 0 Å². The van der Waals surface area contributed by atoms with Crippen molar-refractivity contribution in [2.45, 2.75) is 19.3 Å². The van der Waals surface area contributed by atoms with E-state index in [9.17, 15) is 9.59 Å². The van der Waals surface area contributed by atoms with Crippen molar-refractivity contribution in [2.75, 3.05) is 0 Å². The molecule has 0 radical (unpaired) electrons. The molecule has 1 aromatic rings. The van der Waals surface area contributed by atoms with E-state index in [1.54, 1.807) is 13.8 Å². The number of aliphatic carboxylic acids is 1. The Morgan fingerprint density at radius 3 is 2.58 bits per heavy atom. The first-order valence-corrected chi connectivity index (χ1v) is 4.24. The Labute approximate surface area is 72.9 Å². The molecule has 0 saturated heterocycles. The first kappa shape index (κ1) is 8.99. The van der Waals surface area contributed by atoms with E-state index in [2.05, 4.69) is 4.98 Å². The normalized spacial score (nSPS) is 11.5. The van der Waals surface area contributed by atoms with Crippen LogP contribution < -0.4 is 4.87 Å². The van der Waals surface area contributed by atoms with Crippen LogP contribution in [0.25, 0.3) is 0 Å². The van der Waals surface area contributed by atoms with Crippen LogP contribution in [-0.2, 0) is 10.2 Å². The van der Waals surface area contributed by atoms with Crippen molar-refractivity contribution in [1.82, 2.24) is 4.98 Å². The minimum Gasteiger partial charge on any atom is -0.481 e. The highest BCUT2D eigenvalue weighted by molar-refractivity contribution is 7.07. The Balaban J connectivity index is 3.13. The second-order valence-corrected chi connectivity index (χ2v) is 3.83. The number of aromatic nitrogens is 1. The summed E-state index contributed by atoms with van der Waals surface area (Å²) in [7, 11) is 0. The molecule has 2 N–H and O–H groups in total. The summed E-state index contributed by atoms with van der Waals surface area (Å²) in [5, 5.41) is 10.3. The summed E-state index contributed by atoms with van der Waals surface area (Å²) in [6, 6.07) is 0. The molecule has 4 nitrogen and oxygen atoms in total. The number of carbonyl (C=O) groups is 1. The van der Waals surface area contributed by atoms with Crippen molar-refractivity contribution < 1.29 is 9.90 Å². The second kappa shape index (κ2) is 2.75. The maximum atomic E-state index is 10.7. The molecule has 0 amide bonds. The van der Waals surface area contributed by atoms with Crippen LogP contribution in [0.3, 0.4) is 0 Å². The Kier molecular flexibility index (Phi) is 2.06. The van der Waals surface area contributed by atoms with E-state index in [1.165, 1.54) is 5.38 Å². The molecule has 66 valence electrons. The molecule has 0 aliphatic rings. The largest absolute Gasteiger partial charge is 0.481 e. The summed E-state index contributed by atoms with van der Waals surface area (Å²) >= 11 is 0.974. The highest BCUT2D eigenvalue weighted by Gasteiger charge is 2.30. The van der Waals surface area contributed by atoms with Crippen molar-refractivity contribution in [3.8, 4) is 0 Å². The maximum absolute atomic E-state index is 10.7. The van der Waals surface area contributed by atoms with E-state index in [0.717, 1.165) is 11.3 Å². The van der Waals surface area contributed by atoms with Crippen LogP contribution in [0.1, 0.15) is 19.5 Å². The fraction of sp³-hybridized carbons (Fsp3) is 0.429. The van der Waals surface area contributed by atoms with E-state index in [1.807, 2.05) is 0 Å². The molecule has 1 rings (SSSR count). The van der Waals surface area contributed by atoms with E-state index in [-0.39, 0.29) is 4.87 Å². The van der Waals surface area contributed by atoms with Gasteiger partial charge in [-0.25, -0.2) is 0 Å². The SMILES string of the molecule is CC(C)(C(=O)O)c1csc(=O)[nH]1. The van der Waals surface area contributed by atoms with Crippen LogP contribution in [0.5, 0.6) is 0 Å². The number of nitrogens with one attached hydrogen (secondary N) is 1. The number of carboxylic acid groups (broad SMARTS) is 1. The molecule has 0 aliphatic carbocycles. The fourth-order valence-electron chi connectivity index (χ4n) is 0.700. The summed E-state index contributed by atoms with van der Waals surface area (Å²) in [6.45, 7) is 3.10. The molecule has 0 bridgehead atoms. The molecular formula is C7H9NO3S. The molecule has 0 saturated carbocycles. The number of hydrogen-bond acceptors (Lipinski definition) is 3. The smallest absolute Gasteiger partial charge is 0.315 e. The predicted molar refractivity (Wildman–Crippen MR) is 45.6 cm³/mol. The van der Waals surface area contributed by atoms with Gasteiger partial charge in [0.15, 0.2) is 0 Å². The lowest BCUT2D eigenvalue weighted by atomic mass is 9.91. The van der Waals surface area contributed by atoms with Crippen molar-refractivity contribution >= 4 is 17.3 Å². The third-order valence-electron chi connectivity index (χ3n) is 1.73. The maximum Gasteiger partial charge on any atom is 0.315 e. The summed E-state index contributed by atoms with van der Waals surface area (Å²) in [5.41, 5.74) is -0.566. The minimum absolute atomic E-state index is 0.223. The number of aromatic amines is 1. The van der Waals surface area contributed by atoms with E-state index >= 15 is 0 Å². The fourth-order valence-corrected chi connectivity index (χ4v) is 1.45. The zero-order valence-electron chi connectivity index (χ0n) is 6.75. The zero-order valence-corrected chi connectivity index (χ0v) is 7.57. The van der Waals surface area contributed by atoms with Crippen LogP contribution >= 0.6 is 11.3 Å². The van der Waals surface area contributed by atoms with Crippen molar-refractivity contribution in [3.63, 3.8) is 0 Å². The molecule has 0 spiro atoms. The van der Waals surface area contributed by atoms with Gasteiger partial charge in [0.1, 0.15) is 5.41 Å². The number of thiazole rings is 1. The minimum atomic E-state index is -1.01. The standard InChI is InChI=1S/C7H9NO3S/c1-7(2,5(9)10)4-3-12-6(11)8-4/h3H,1-2H3,(H,8,11)(H,9,10). The number of rotatable bonds is 2. The van der Waals surface area contributed by atoms with E-state index in [0.29, 0.717) is 5.69 Å². The predicted octanol–water partition coefficient (Wildman–Crippen LogP) is 0.799. The summed E-state index contributed by atoms with van der Waals surface area (Å²) in [5.74, 6) is -0.948. The van der Waals surface area contributed by atoms with Gasteiger partial charge in [-0.1, -0.05) is 11.3 Å². The summed E-state index contributed by atoms with van der Waals surface area (Å²) in [6.07, 6.45) is 0. The molecule has 5 heteroatoms. The Morgan fingerprint density at radius 2 is 2.25 bits per heavy atom. The molecule has 0 unspecified atom stereocenters. The number of H-pyrrole nitrogens is 1.